The molecule has 5 atom stereocenters. The molecule has 6 heteroatoms. The van der Waals surface area contributed by atoms with E-state index in [0.29, 0.717) is 0 Å². The molecule has 0 saturated carbocycles. The van der Waals surface area contributed by atoms with Gasteiger partial charge in [0.25, 0.3) is 0 Å². The molecule has 0 aliphatic carbocycles. The van der Waals surface area contributed by atoms with Gasteiger partial charge in [-0.25, -0.2) is 4.79 Å². The van der Waals surface area contributed by atoms with Crippen LogP contribution in [0.2, 0.25) is 0 Å². The van der Waals surface area contributed by atoms with Gasteiger partial charge < -0.3 is 24.8 Å². The summed E-state index contributed by atoms with van der Waals surface area (Å²) in [6.45, 7) is 1.51. The minimum absolute atomic E-state index is 0.710. The molecule has 1 heterocycles. The van der Waals surface area contributed by atoms with Crippen molar-refractivity contribution in [2.24, 2.45) is 0 Å². The van der Waals surface area contributed by atoms with Crippen LogP contribution in [0.1, 0.15) is 12.5 Å². The van der Waals surface area contributed by atoms with Gasteiger partial charge >= 0.3 is 5.97 Å². The number of benzene rings is 1. The van der Waals surface area contributed by atoms with E-state index in [-0.39, 0.29) is 0 Å². The molecule has 0 bridgehead atoms. The zero-order valence-corrected chi connectivity index (χ0v) is 11.5. The Kier molecular flexibility index (Phi) is 5.08. The fourth-order valence-corrected chi connectivity index (χ4v) is 1.99. The van der Waals surface area contributed by atoms with Gasteiger partial charge in [-0.15, -0.1) is 0 Å². The molecule has 6 nitrogen and oxygen atoms in total. The lowest BCUT2D eigenvalue weighted by molar-refractivity contribution is -0.283. The van der Waals surface area contributed by atoms with Crippen LogP contribution in [-0.4, -0.2) is 52.0 Å². The van der Waals surface area contributed by atoms with E-state index in [1.165, 1.54) is 13.0 Å². The van der Waals surface area contributed by atoms with Gasteiger partial charge in [-0.3, -0.25) is 0 Å². The van der Waals surface area contributed by atoms with Crippen LogP contribution >= 0.6 is 0 Å². The summed E-state index contributed by atoms with van der Waals surface area (Å²) < 4.78 is 10.1. The molecule has 0 aromatic heterocycles. The fraction of sp³-hybridized carbons (Fsp3) is 0.400. The lowest BCUT2D eigenvalue weighted by Gasteiger charge is -2.38. The van der Waals surface area contributed by atoms with Crippen LogP contribution in [0.15, 0.2) is 36.4 Å². The molecule has 0 radical (unpaired) electrons. The lowest BCUT2D eigenvalue weighted by atomic mass is 10.0. The highest BCUT2D eigenvalue weighted by Gasteiger charge is 2.43. The summed E-state index contributed by atoms with van der Waals surface area (Å²) in [6.07, 6.45) is -3.45. The number of aliphatic hydroxyl groups excluding tert-OH is 3. The van der Waals surface area contributed by atoms with Crippen molar-refractivity contribution in [3.05, 3.63) is 42.0 Å². The Hall–Kier alpha value is -1.73. The van der Waals surface area contributed by atoms with Crippen molar-refractivity contribution in [3.8, 4) is 0 Å². The van der Waals surface area contributed by atoms with E-state index in [0.717, 1.165) is 5.56 Å². The van der Waals surface area contributed by atoms with E-state index in [1.54, 1.807) is 6.08 Å². The minimum Gasteiger partial charge on any atom is -0.430 e. The van der Waals surface area contributed by atoms with Crippen LogP contribution in [0.5, 0.6) is 0 Å². The first kappa shape index (κ1) is 15.7. The number of carbonyl (C=O) groups is 1. The largest absolute Gasteiger partial charge is 0.430 e. The molecular weight excluding hydrogens is 276 g/mol. The Morgan fingerprint density at radius 2 is 1.81 bits per heavy atom. The summed E-state index contributed by atoms with van der Waals surface area (Å²) in [7, 11) is 0. The molecule has 1 saturated heterocycles. The Labute approximate surface area is 122 Å². The molecule has 21 heavy (non-hydrogen) atoms. The smallest absolute Gasteiger partial charge is 0.333 e. The summed E-state index contributed by atoms with van der Waals surface area (Å²) in [5, 5.41) is 28.9. The second-order valence-electron chi connectivity index (χ2n) is 4.86. The topological polar surface area (TPSA) is 96.2 Å². The molecule has 2 rings (SSSR count). The van der Waals surface area contributed by atoms with E-state index in [1.807, 2.05) is 30.3 Å². The highest BCUT2D eigenvalue weighted by Crippen LogP contribution is 2.21. The first-order valence-corrected chi connectivity index (χ1v) is 6.62. The zero-order chi connectivity index (χ0) is 15.4. The Bertz CT molecular complexity index is 500. The summed E-state index contributed by atoms with van der Waals surface area (Å²) in [6, 6.07) is 9.16. The number of rotatable bonds is 3. The number of hydrogen-bond acceptors (Lipinski definition) is 6. The van der Waals surface area contributed by atoms with Gasteiger partial charge in [0.2, 0.25) is 6.29 Å². The van der Waals surface area contributed by atoms with Crippen LogP contribution in [0.3, 0.4) is 0 Å². The molecular formula is C15H18O6. The second-order valence-corrected chi connectivity index (χ2v) is 4.86. The Morgan fingerprint density at radius 3 is 2.48 bits per heavy atom. The third-order valence-electron chi connectivity index (χ3n) is 3.25. The van der Waals surface area contributed by atoms with E-state index >= 15 is 0 Å². The number of ether oxygens (including phenoxy) is 2. The monoisotopic (exact) mass is 294 g/mol. The van der Waals surface area contributed by atoms with Crippen molar-refractivity contribution in [3.63, 3.8) is 0 Å². The van der Waals surface area contributed by atoms with Crippen molar-refractivity contribution in [1.29, 1.82) is 0 Å². The number of esters is 1. The highest BCUT2D eigenvalue weighted by molar-refractivity contribution is 5.87. The Balaban J connectivity index is 1.95. The Morgan fingerprint density at radius 1 is 1.14 bits per heavy atom. The van der Waals surface area contributed by atoms with Gasteiger partial charge in [0.1, 0.15) is 18.3 Å². The summed E-state index contributed by atoms with van der Waals surface area (Å²) in [4.78, 5) is 11.7. The van der Waals surface area contributed by atoms with Crippen LogP contribution in [0.4, 0.5) is 0 Å². The normalized spacial score (nSPS) is 33.0. The highest BCUT2D eigenvalue weighted by atomic mass is 16.7. The van der Waals surface area contributed by atoms with E-state index in [4.69, 9.17) is 9.47 Å². The summed E-state index contributed by atoms with van der Waals surface area (Å²) >= 11 is 0. The molecule has 0 amide bonds. The predicted molar refractivity (Wildman–Crippen MR) is 73.9 cm³/mol. The van der Waals surface area contributed by atoms with Gasteiger partial charge in [0, 0.05) is 6.08 Å². The van der Waals surface area contributed by atoms with Gasteiger partial charge in [0.15, 0.2) is 0 Å². The molecule has 1 fully saturated rings. The van der Waals surface area contributed by atoms with Crippen LogP contribution < -0.4 is 0 Å². The number of hydrogen-bond donors (Lipinski definition) is 3. The maximum absolute atomic E-state index is 11.7. The molecule has 114 valence electrons. The SMILES string of the molecule is C[C@H]1O[C@@H](OC(=O)/C=C/c2ccccc2)[C@@H](O)[C@@H](O)[C@@H]1O. The number of aliphatic hydroxyl groups is 3. The molecule has 0 spiro atoms. The van der Waals surface area contributed by atoms with Crippen molar-refractivity contribution < 1.29 is 29.6 Å². The molecule has 1 aliphatic rings. The van der Waals surface area contributed by atoms with E-state index < -0.39 is 36.7 Å². The average Bonchev–Trinajstić information content (AvgIpc) is 2.49. The predicted octanol–water partition coefficient (Wildman–Crippen LogP) is 0.0705. The molecule has 1 aliphatic heterocycles. The van der Waals surface area contributed by atoms with Crippen molar-refractivity contribution in [2.45, 2.75) is 37.6 Å². The second kappa shape index (κ2) is 6.82. The van der Waals surface area contributed by atoms with E-state index in [9.17, 15) is 20.1 Å². The minimum atomic E-state index is -1.50. The fourth-order valence-electron chi connectivity index (χ4n) is 1.99. The first-order valence-electron chi connectivity index (χ1n) is 6.62. The molecule has 1 aromatic carbocycles. The lowest BCUT2D eigenvalue weighted by Crippen LogP contribution is -2.57. The maximum atomic E-state index is 11.7. The van der Waals surface area contributed by atoms with Gasteiger partial charge in [0.05, 0.1) is 6.10 Å². The molecule has 3 N–H and O–H groups in total. The van der Waals surface area contributed by atoms with Gasteiger partial charge in [-0.05, 0) is 18.6 Å². The zero-order valence-electron chi connectivity index (χ0n) is 11.5. The van der Waals surface area contributed by atoms with Gasteiger partial charge in [-0.1, -0.05) is 30.3 Å². The van der Waals surface area contributed by atoms with Crippen molar-refractivity contribution in [2.75, 3.05) is 0 Å². The van der Waals surface area contributed by atoms with Crippen LogP contribution in [0.25, 0.3) is 6.08 Å². The number of carbonyl (C=O) groups excluding carboxylic acids is 1. The third-order valence-corrected chi connectivity index (χ3v) is 3.25. The summed E-state index contributed by atoms with van der Waals surface area (Å²) in [5.41, 5.74) is 0.823. The molecule has 1 aromatic rings. The van der Waals surface area contributed by atoms with Crippen molar-refractivity contribution >= 4 is 12.0 Å². The van der Waals surface area contributed by atoms with Crippen LogP contribution in [-0.2, 0) is 14.3 Å². The standard InChI is InChI=1S/C15H18O6/c1-9-12(17)13(18)14(19)15(20-9)21-11(16)8-7-10-5-3-2-4-6-10/h2-9,12-15,17-19H,1H3/b8-7+/t9-,12-,13+,14+,15+/m1/s1. The van der Waals surface area contributed by atoms with E-state index in [2.05, 4.69) is 0 Å². The molecule has 0 unspecified atom stereocenters. The van der Waals surface area contributed by atoms with Crippen LogP contribution in [0, 0.1) is 0 Å². The quantitative estimate of drug-likeness (QED) is 0.539. The summed E-state index contributed by atoms with van der Waals surface area (Å²) in [5.74, 6) is -0.710. The third kappa shape index (κ3) is 3.89. The first-order chi connectivity index (χ1) is 9.99. The average molecular weight is 294 g/mol. The maximum Gasteiger partial charge on any atom is 0.333 e. The van der Waals surface area contributed by atoms with Gasteiger partial charge in [-0.2, -0.15) is 0 Å². The van der Waals surface area contributed by atoms with Crippen molar-refractivity contribution in [1.82, 2.24) is 0 Å².